The number of anilines is 1. The second-order valence-corrected chi connectivity index (χ2v) is 9.59. The van der Waals surface area contributed by atoms with Gasteiger partial charge in [-0.3, -0.25) is 9.36 Å². The van der Waals surface area contributed by atoms with E-state index >= 15 is 0 Å². The molecule has 0 aliphatic carbocycles. The van der Waals surface area contributed by atoms with E-state index in [4.69, 9.17) is 4.42 Å². The summed E-state index contributed by atoms with van der Waals surface area (Å²) in [5.41, 5.74) is 2.22. The molecule has 2 aromatic heterocycles. The van der Waals surface area contributed by atoms with Gasteiger partial charge in [-0.2, -0.15) is 0 Å². The molecule has 7 nitrogen and oxygen atoms in total. The highest BCUT2D eigenvalue weighted by molar-refractivity contribution is 7.99. The number of nitrogens with zero attached hydrogens (tertiary/aromatic N) is 5. The fourth-order valence-electron chi connectivity index (χ4n) is 4.29. The SMILES string of the molecule is O=C(CSc1nnc(N2CCCC2)n1Cc1ccco1)N(Cc1ccccc1)Cc1ccccc1. The second kappa shape index (κ2) is 11.3. The summed E-state index contributed by atoms with van der Waals surface area (Å²) >= 11 is 1.44. The molecular formula is C27H29N5O2S. The van der Waals surface area contributed by atoms with Crippen molar-refractivity contribution in [2.75, 3.05) is 23.7 Å². The van der Waals surface area contributed by atoms with Gasteiger partial charge in [0.25, 0.3) is 0 Å². The summed E-state index contributed by atoms with van der Waals surface area (Å²) in [5, 5.41) is 9.68. The molecule has 0 saturated carbocycles. The quantitative estimate of drug-likeness (QED) is 0.298. The monoisotopic (exact) mass is 487 g/mol. The van der Waals surface area contributed by atoms with Crippen LogP contribution >= 0.6 is 11.8 Å². The molecule has 1 aliphatic rings. The van der Waals surface area contributed by atoms with Gasteiger partial charge in [0.2, 0.25) is 11.9 Å². The normalized spacial score (nSPS) is 13.3. The van der Waals surface area contributed by atoms with E-state index in [1.54, 1.807) is 6.26 Å². The van der Waals surface area contributed by atoms with Gasteiger partial charge < -0.3 is 14.2 Å². The third kappa shape index (κ3) is 5.95. The Morgan fingerprint density at radius 2 is 1.54 bits per heavy atom. The lowest BCUT2D eigenvalue weighted by molar-refractivity contribution is -0.129. The number of carbonyl (C=O) groups is 1. The van der Waals surface area contributed by atoms with Gasteiger partial charge in [0.1, 0.15) is 5.76 Å². The lowest BCUT2D eigenvalue weighted by Crippen LogP contribution is -2.31. The number of aromatic nitrogens is 3. The van der Waals surface area contributed by atoms with E-state index in [1.807, 2.05) is 53.4 Å². The van der Waals surface area contributed by atoms with Gasteiger partial charge in [-0.25, -0.2) is 0 Å². The average Bonchev–Trinajstić information content (AvgIpc) is 3.67. The first kappa shape index (κ1) is 23.2. The highest BCUT2D eigenvalue weighted by Gasteiger charge is 2.23. The van der Waals surface area contributed by atoms with Gasteiger partial charge >= 0.3 is 0 Å². The van der Waals surface area contributed by atoms with Crippen LogP contribution < -0.4 is 4.90 Å². The number of hydrogen-bond donors (Lipinski definition) is 0. The summed E-state index contributed by atoms with van der Waals surface area (Å²) < 4.78 is 7.67. The van der Waals surface area contributed by atoms with E-state index in [-0.39, 0.29) is 11.7 Å². The van der Waals surface area contributed by atoms with Gasteiger partial charge in [-0.1, -0.05) is 72.4 Å². The molecule has 0 bridgehead atoms. The Bertz CT molecular complexity index is 1160. The Hall–Kier alpha value is -3.52. The van der Waals surface area contributed by atoms with Crippen LogP contribution in [-0.4, -0.2) is 44.4 Å². The first-order valence-electron chi connectivity index (χ1n) is 12.0. The lowest BCUT2D eigenvalue weighted by atomic mass is 10.1. The molecule has 35 heavy (non-hydrogen) atoms. The van der Waals surface area contributed by atoms with E-state index in [1.165, 1.54) is 11.8 Å². The van der Waals surface area contributed by atoms with E-state index in [9.17, 15) is 4.79 Å². The molecular weight excluding hydrogens is 458 g/mol. The summed E-state index contributed by atoms with van der Waals surface area (Å²) in [6, 6.07) is 24.1. The first-order valence-corrected chi connectivity index (χ1v) is 12.9. The van der Waals surface area contributed by atoms with Gasteiger partial charge in [-0.05, 0) is 36.1 Å². The largest absolute Gasteiger partial charge is 0.467 e. The van der Waals surface area contributed by atoms with Crippen molar-refractivity contribution in [2.24, 2.45) is 0 Å². The first-order chi connectivity index (χ1) is 17.3. The second-order valence-electron chi connectivity index (χ2n) is 8.65. The van der Waals surface area contributed by atoms with Crippen LogP contribution in [0.15, 0.2) is 88.6 Å². The standard InChI is InChI=1S/C27H29N5O2S/c33-25(31(18-22-10-3-1-4-11-22)19-23-12-5-2-6-13-23)21-35-27-29-28-26(30-15-7-8-16-30)32(27)20-24-14-9-17-34-24/h1-6,9-14,17H,7-8,15-16,18-21H2. The zero-order valence-corrected chi connectivity index (χ0v) is 20.4. The van der Waals surface area contributed by atoms with Crippen molar-refractivity contribution in [3.05, 3.63) is 95.9 Å². The van der Waals surface area contributed by atoms with Crippen LogP contribution in [0.5, 0.6) is 0 Å². The molecule has 1 aliphatic heterocycles. The summed E-state index contributed by atoms with van der Waals surface area (Å²) in [6.45, 7) is 3.62. The molecule has 2 aromatic carbocycles. The highest BCUT2D eigenvalue weighted by atomic mass is 32.2. The minimum atomic E-state index is 0.0676. The Balaban J connectivity index is 1.33. The summed E-state index contributed by atoms with van der Waals surface area (Å²) in [6.07, 6.45) is 3.99. The molecule has 0 radical (unpaired) electrons. The fraction of sp³-hybridized carbons (Fsp3) is 0.296. The maximum absolute atomic E-state index is 13.4. The molecule has 5 rings (SSSR count). The maximum atomic E-state index is 13.4. The van der Waals surface area contributed by atoms with E-state index in [2.05, 4.69) is 43.9 Å². The van der Waals surface area contributed by atoms with Crippen molar-refractivity contribution in [3.63, 3.8) is 0 Å². The average molecular weight is 488 g/mol. The number of hydrogen-bond acceptors (Lipinski definition) is 6. The van der Waals surface area contributed by atoms with Crippen molar-refractivity contribution >= 4 is 23.6 Å². The summed E-state index contributed by atoms with van der Waals surface area (Å²) in [7, 11) is 0. The molecule has 0 atom stereocenters. The van der Waals surface area contributed by atoms with Crippen molar-refractivity contribution < 1.29 is 9.21 Å². The molecule has 0 spiro atoms. The Morgan fingerprint density at radius 3 is 2.14 bits per heavy atom. The van der Waals surface area contributed by atoms with Crippen molar-refractivity contribution in [1.29, 1.82) is 0 Å². The van der Waals surface area contributed by atoms with Crippen LogP contribution in [0, 0.1) is 0 Å². The van der Waals surface area contributed by atoms with Crippen LogP contribution in [-0.2, 0) is 24.4 Å². The molecule has 8 heteroatoms. The van der Waals surface area contributed by atoms with Crippen LogP contribution in [0.25, 0.3) is 0 Å². The summed E-state index contributed by atoms with van der Waals surface area (Å²) in [5.74, 6) is 2.04. The van der Waals surface area contributed by atoms with E-state index < -0.39 is 0 Å². The zero-order chi connectivity index (χ0) is 23.9. The predicted octanol–water partition coefficient (Wildman–Crippen LogP) is 4.84. The Labute approximate surface area is 209 Å². The van der Waals surface area contributed by atoms with Crippen LogP contribution in [0.3, 0.4) is 0 Å². The number of benzene rings is 2. The lowest BCUT2D eigenvalue weighted by Gasteiger charge is -2.23. The minimum Gasteiger partial charge on any atom is -0.467 e. The fourth-order valence-corrected chi connectivity index (χ4v) is 5.13. The summed E-state index contributed by atoms with van der Waals surface area (Å²) in [4.78, 5) is 17.6. The molecule has 3 heterocycles. The Morgan fingerprint density at radius 1 is 0.886 bits per heavy atom. The predicted molar refractivity (Wildman–Crippen MR) is 137 cm³/mol. The van der Waals surface area contributed by atoms with Crippen LogP contribution in [0.4, 0.5) is 5.95 Å². The van der Waals surface area contributed by atoms with Crippen molar-refractivity contribution in [2.45, 2.75) is 37.6 Å². The van der Waals surface area contributed by atoms with Crippen molar-refractivity contribution in [3.8, 4) is 0 Å². The third-order valence-electron chi connectivity index (χ3n) is 6.09. The number of amides is 1. The number of carbonyl (C=O) groups excluding carboxylic acids is 1. The van der Waals surface area contributed by atoms with Gasteiger partial charge in [-0.15, -0.1) is 10.2 Å². The molecule has 0 unspecified atom stereocenters. The zero-order valence-electron chi connectivity index (χ0n) is 19.6. The molecule has 1 fully saturated rings. The maximum Gasteiger partial charge on any atom is 0.233 e. The number of rotatable bonds is 10. The smallest absolute Gasteiger partial charge is 0.233 e. The number of furan rings is 1. The molecule has 0 N–H and O–H groups in total. The van der Waals surface area contributed by atoms with Gasteiger partial charge in [0.05, 0.1) is 18.6 Å². The van der Waals surface area contributed by atoms with Crippen molar-refractivity contribution in [1.82, 2.24) is 19.7 Å². The van der Waals surface area contributed by atoms with Crippen LogP contribution in [0.1, 0.15) is 29.7 Å². The topological polar surface area (TPSA) is 67.4 Å². The minimum absolute atomic E-state index is 0.0676. The molecule has 180 valence electrons. The van der Waals surface area contributed by atoms with Gasteiger partial charge in [0.15, 0.2) is 5.16 Å². The van der Waals surface area contributed by atoms with E-state index in [0.717, 1.165) is 53.9 Å². The molecule has 1 amide bonds. The van der Waals surface area contributed by atoms with Gasteiger partial charge in [0, 0.05) is 26.2 Å². The van der Waals surface area contributed by atoms with Crippen LogP contribution in [0.2, 0.25) is 0 Å². The third-order valence-corrected chi connectivity index (χ3v) is 7.04. The number of thioether (sulfide) groups is 1. The molecule has 1 saturated heterocycles. The van der Waals surface area contributed by atoms with E-state index in [0.29, 0.717) is 19.6 Å². The highest BCUT2D eigenvalue weighted by Crippen LogP contribution is 2.26. The molecule has 4 aromatic rings. The Kier molecular flexibility index (Phi) is 7.48.